The van der Waals surface area contributed by atoms with E-state index in [1.165, 1.54) is 13.8 Å². The van der Waals surface area contributed by atoms with E-state index in [2.05, 4.69) is 10.3 Å². The Hall–Kier alpha value is -2.32. The summed E-state index contributed by atoms with van der Waals surface area (Å²) in [6.45, 7) is 2.79. The van der Waals surface area contributed by atoms with Crippen LogP contribution in [0, 0.1) is 0 Å². The number of carboxylic acid groups (broad SMARTS) is 1. The van der Waals surface area contributed by atoms with Crippen LogP contribution in [0.15, 0.2) is 12.1 Å². The highest BCUT2D eigenvalue weighted by Gasteiger charge is 2.36. The minimum atomic E-state index is -4.72. The number of carboxylic acids is 1. The number of pyridine rings is 1. The number of halogens is 3. The molecule has 0 fully saturated rings. The molecule has 4 N–H and O–H groups in total. The summed E-state index contributed by atoms with van der Waals surface area (Å²) < 4.78 is 38.0. The van der Waals surface area contributed by atoms with Gasteiger partial charge in [-0.25, -0.2) is 9.78 Å². The number of anilines is 1. The van der Waals surface area contributed by atoms with Gasteiger partial charge in [0.2, 0.25) is 0 Å². The van der Waals surface area contributed by atoms with Crippen molar-refractivity contribution in [2.75, 3.05) is 5.32 Å². The number of amides is 1. The first kappa shape index (κ1) is 16.7. The number of carbonyl (C=O) groups is 2. The molecule has 0 aliphatic heterocycles. The van der Waals surface area contributed by atoms with Crippen LogP contribution in [0.3, 0.4) is 0 Å². The first-order valence-corrected chi connectivity index (χ1v) is 5.91. The summed E-state index contributed by atoms with van der Waals surface area (Å²) in [5.74, 6) is -2.81. The SMILES string of the molecule is CCC(C)(Nc1nc(C(F)(F)F)ccc1C(N)=O)C(=O)O. The van der Waals surface area contributed by atoms with E-state index in [0.29, 0.717) is 6.07 Å². The molecule has 1 heterocycles. The first-order chi connectivity index (χ1) is 9.51. The average molecular weight is 305 g/mol. The number of rotatable bonds is 5. The highest BCUT2D eigenvalue weighted by Crippen LogP contribution is 2.30. The highest BCUT2D eigenvalue weighted by molar-refractivity contribution is 5.98. The standard InChI is InChI=1S/C12H14F3N3O3/c1-3-11(2,10(20)21)18-9-6(8(16)19)4-5-7(17-9)12(13,14)15/h4-5H,3H2,1-2H3,(H2,16,19)(H,17,18)(H,20,21). The van der Waals surface area contributed by atoms with Crippen molar-refractivity contribution in [3.63, 3.8) is 0 Å². The maximum atomic E-state index is 12.7. The monoisotopic (exact) mass is 305 g/mol. The van der Waals surface area contributed by atoms with E-state index < -0.39 is 35.1 Å². The molecule has 0 bridgehead atoms. The summed E-state index contributed by atoms with van der Waals surface area (Å²) in [6, 6.07) is 1.47. The van der Waals surface area contributed by atoms with Crippen LogP contribution in [0.1, 0.15) is 36.3 Å². The molecule has 0 saturated heterocycles. The lowest BCUT2D eigenvalue weighted by atomic mass is 9.99. The van der Waals surface area contributed by atoms with Crippen molar-refractivity contribution in [1.29, 1.82) is 0 Å². The number of carbonyl (C=O) groups excluding carboxylic acids is 1. The molecule has 1 unspecified atom stereocenters. The van der Waals surface area contributed by atoms with Gasteiger partial charge in [0, 0.05) is 0 Å². The highest BCUT2D eigenvalue weighted by atomic mass is 19.4. The number of primary amides is 1. The maximum Gasteiger partial charge on any atom is 0.433 e. The second kappa shape index (κ2) is 5.58. The summed E-state index contributed by atoms with van der Waals surface area (Å²) in [5.41, 5.74) is 1.91. The Bertz CT molecular complexity index is 575. The van der Waals surface area contributed by atoms with Gasteiger partial charge in [0.25, 0.3) is 5.91 Å². The van der Waals surface area contributed by atoms with Gasteiger partial charge in [0.1, 0.15) is 17.1 Å². The molecule has 1 amide bonds. The summed E-state index contributed by atoms with van der Waals surface area (Å²) >= 11 is 0. The minimum Gasteiger partial charge on any atom is -0.480 e. The molecule has 0 aliphatic carbocycles. The fourth-order valence-electron chi connectivity index (χ4n) is 1.47. The van der Waals surface area contributed by atoms with Gasteiger partial charge < -0.3 is 16.2 Å². The van der Waals surface area contributed by atoms with Gasteiger partial charge in [0.05, 0.1) is 5.56 Å². The van der Waals surface area contributed by atoms with Crippen molar-refractivity contribution in [3.05, 3.63) is 23.4 Å². The Labute approximate surface area is 118 Å². The Morgan fingerprint density at radius 3 is 2.33 bits per heavy atom. The van der Waals surface area contributed by atoms with Crippen molar-refractivity contribution in [1.82, 2.24) is 4.98 Å². The normalized spacial score (nSPS) is 14.3. The van der Waals surface area contributed by atoms with Gasteiger partial charge in [-0.2, -0.15) is 13.2 Å². The van der Waals surface area contributed by atoms with Gasteiger partial charge in [-0.05, 0) is 25.5 Å². The molecule has 6 nitrogen and oxygen atoms in total. The second-order valence-electron chi connectivity index (χ2n) is 4.57. The summed E-state index contributed by atoms with van der Waals surface area (Å²) in [4.78, 5) is 25.7. The van der Waals surface area contributed by atoms with Gasteiger partial charge in [-0.15, -0.1) is 0 Å². The summed E-state index contributed by atoms with van der Waals surface area (Å²) in [7, 11) is 0. The summed E-state index contributed by atoms with van der Waals surface area (Å²) in [6.07, 6.45) is -4.67. The van der Waals surface area contributed by atoms with Crippen LogP contribution >= 0.6 is 0 Å². The number of hydrogen-bond acceptors (Lipinski definition) is 4. The Morgan fingerprint density at radius 1 is 1.38 bits per heavy atom. The predicted molar refractivity (Wildman–Crippen MR) is 67.7 cm³/mol. The molecule has 0 aromatic carbocycles. The quantitative estimate of drug-likeness (QED) is 0.770. The number of alkyl halides is 3. The molecule has 116 valence electrons. The number of hydrogen-bond donors (Lipinski definition) is 3. The molecular formula is C12H14F3N3O3. The topological polar surface area (TPSA) is 105 Å². The number of aliphatic carboxylic acids is 1. The number of aromatic nitrogens is 1. The maximum absolute atomic E-state index is 12.7. The van der Waals surface area contributed by atoms with Crippen molar-refractivity contribution in [2.45, 2.75) is 32.0 Å². The van der Waals surface area contributed by atoms with E-state index in [-0.39, 0.29) is 12.0 Å². The fraction of sp³-hybridized carbons (Fsp3) is 0.417. The summed E-state index contributed by atoms with van der Waals surface area (Å²) in [5, 5.41) is 11.5. The molecule has 1 atom stereocenters. The zero-order chi connectivity index (χ0) is 16.4. The molecule has 9 heteroatoms. The number of nitrogens with one attached hydrogen (secondary N) is 1. The minimum absolute atomic E-state index is 0.0540. The van der Waals surface area contributed by atoms with Crippen LogP contribution in [-0.2, 0) is 11.0 Å². The Kier molecular flexibility index (Phi) is 4.45. The third kappa shape index (κ3) is 3.61. The molecular weight excluding hydrogens is 291 g/mol. The van der Waals surface area contributed by atoms with E-state index in [0.717, 1.165) is 6.07 Å². The molecule has 0 spiro atoms. The van der Waals surface area contributed by atoms with Crippen molar-refractivity contribution in [2.24, 2.45) is 5.73 Å². The molecule has 0 radical (unpaired) electrons. The average Bonchev–Trinajstić information content (AvgIpc) is 2.36. The molecule has 0 aliphatic rings. The third-order valence-electron chi connectivity index (χ3n) is 3.02. The lowest BCUT2D eigenvalue weighted by Gasteiger charge is -2.26. The first-order valence-electron chi connectivity index (χ1n) is 5.91. The van der Waals surface area contributed by atoms with Crippen LogP contribution in [-0.4, -0.2) is 27.5 Å². The number of nitrogens with zero attached hydrogens (tertiary/aromatic N) is 1. The van der Waals surface area contributed by atoms with Gasteiger partial charge in [-0.3, -0.25) is 4.79 Å². The van der Waals surface area contributed by atoms with Crippen LogP contribution in [0.25, 0.3) is 0 Å². The van der Waals surface area contributed by atoms with E-state index in [9.17, 15) is 22.8 Å². The molecule has 1 aromatic heterocycles. The largest absolute Gasteiger partial charge is 0.480 e. The lowest BCUT2D eigenvalue weighted by molar-refractivity contribution is -0.141. The Morgan fingerprint density at radius 2 is 1.95 bits per heavy atom. The van der Waals surface area contributed by atoms with Crippen LogP contribution < -0.4 is 11.1 Å². The van der Waals surface area contributed by atoms with Crippen molar-refractivity contribution < 1.29 is 27.9 Å². The zero-order valence-corrected chi connectivity index (χ0v) is 11.3. The van der Waals surface area contributed by atoms with Crippen LogP contribution in [0.5, 0.6) is 0 Å². The van der Waals surface area contributed by atoms with Gasteiger partial charge >= 0.3 is 12.1 Å². The number of nitrogens with two attached hydrogens (primary N) is 1. The van der Waals surface area contributed by atoms with Crippen LogP contribution in [0.4, 0.5) is 19.0 Å². The molecule has 1 rings (SSSR count). The van der Waals surface area contributed by atoms with Gasteiger partial charge in [-0.1, -0.05) is 6.92 Å². The lowest BCUT2D eigenvalue weighted by Crippen LogP contribution is -2.43. The molecule has 21 heavy (non-hydrogen) atoms. The molecule has 1 aromatic rings. The predicted octanol–water partition coefficient (Wildman–Crippen LogP) is 1.86. The fourth-order valence-corrected chi connectivity index (χ4v) is 1.47. The van der Waals surface area contributed by atoms with Crippen molar-refractivity contribution >= 4 is 17.7 Å². The van der Waals surface area contributed by atoms with Crippen LogP contribution in [0.2, 0.25) is 0 Å². The Balaban J connectivity index is 3.37. The van der Waals surface area contributed by atoms with E-state index in [1.54, 1.807) is 0 Å². The zero-order valence-electron chi connectivity index (χ0n) is 11.3. The van der Waals surface area contributed by atoms with Crippen molar-refractivity contribution in [3.8, 4) is 0 Å². The second-order valence-corrected chi connectivity index (χ2v) is 4.57. The molecule has 0 saturated carbocycles. The van der Waals surface area contributed by atoms with E-state index in [4.69, 9.17) is 10.8 Å². The smallest absolute Gasteiger partial charge is 0.433 e. The van der Waals surface area contributed by atoms with Gasteiger partial charge in [0.15, 0.2) is 0 Å². The van der Waals surface area contributed by atoms with E-state index in [1.807, 2.05) is 0 Å². The van der Waals surface area contributed by atoms with E-state index >= 15 is 0 Å². The third-order valence-corrected chi connectivity index (χ3v) is 3.02.